The molecule has 0 spiro atoms. The third kappa shape index (κ3) is 3.92. The summed E-state index contributed by atoms with van der Waals surface area (Å²) in [6.45, 7) is 0. The molecule has 0 unspecified atom stereocenters. The van der Waals surface area contributed by atoms with Crippen molar-refractivity contribution in [2.24, 2.45) is 11.8 Å². The van der Waals surface area contributed by atoms with Gasteiger partial charge in [-0.15, -0.1) is 0 Å². The average molecular weight is 222 g/mol. The molecule has 0 amide bonds. The van der Waals surface area contributed by atoms with E-state index < -0.39 is 0 Å². The SMILES string of the molecule is O=C(CCC1CCCC1)CCC1CCCC1. The summed E-state index contributed by atoms with van der Waals surface area (Å²) in [4.78, 5) is 11.8. The van der Waals surface area contributed by atoms with Gasteiger partial charge in [0.05, 0.1) is 0 Å². The fourth-order valence-corrected chi connectivity index (χ4v) is 3.45. The molecule has 92 valence electrons. The maximum atomic E-state index is 11.8. The standard InChI is InChI=1S/C15H26O/c16-15(11-9-13-5-1-2-6-13)12-10-14-7-3-4-8-14/h13-14H,1-12H2. The fourth-order valence-electron chi connectivity index (χ4n) is 3.45. The molecule has 1 nitrogen and oxygen atoms in total. The first-order valence-corrected chi connectivity index (χ1v) is 7.36. The fraction of sp³-hybridized carbons (Fsp3) is 0.933. The Balaban J connectivity index is 1.53. The van der Waals surface area contributed by atoms with Crippen molar-refractivity contribution in [2.75, 3.05) is 0 Å². The molecule has 0 N–H and O–H groups in total. The van der Waals surface area contributed by atoms with Crippen LogP contribution in [0.1, 0.15) is 77.0 Å². The van der Waals surface area contributed by atoms with Crippen molar-refractivity contribution in [3.63, 3.8) is 0 Å². The minimum Gasteiger partial charge on any atom is -0.300 e. The van der Waals surface area contributed by atoms with Crippen molar-refractivity contribution in [3.8, 4) is 0 Å². The van der Waals surface area contributed by atoms with E-state index in [0.29, 0.717) is 5.78 Å². The zero-order valence-corrected chi connectivity index (χ0v) is 10.5. The van der Waals surface area contributed by atoms with Crippen LogP contribution in [0.2, 0.25) is 0 Å². The molecular formula is C15H26O. The largest absolute Gasteiger partial charge is 0.300 e. The second kappa shape index (κ2) is 6.42. The lowest BCUT2D eigenvalue weighted by Gasteiger charge is -2.09. The number of carbonyl (C=O) groups excluding carboxylic acids is 1. The third-order valence-corrected chi connectivity index (χ3v) is 4.61. The lowest BCUT2D eigenvalue weighted by Crippen LogP contribution is -2.04. The average Bonchev–Trinajstić information content (AvgIpc) is 2.96. The first-order chi connectivity index (χ1) is 7.84. The maximum absolute atomic E-state index is 11.8. The smallest absolute Gasteiger partial charge is 0.132 e. The first-order valence-electron chi connectivity index (χ1n) is 7.36. The van der Waals surface area contributed by atoms with Crippen LogP contribution in [0.5, 0.6) is 0 Å². The van der Waals surface area contributed by atoms with Crippen molar-refractivity contribution in [3.05, 3.63) is 0 Å². The van der Waals surface area contributed by atoms with Gasteiger partial charge in [-0.1, -0.05) is 51.4 Å². The molecule has 1 heteroatoms. The van der Waals surface area contributed by atoms with Gasteiger partial charge in [0, 0.05) is 12.8 Å². The summed E-state index contributed by atoms with van der Waals surface area (Å²) in [5.74, 6) is 2.31. The summed E-state index contributed by atoms with van der Waals surface area (Å²) >= 11 is 0. The number of rotatable bonds is 6. The Morgan fingerprint density at radius 3 is 1.50 bits per heavy atom. The Hall–Kier alpha value is -0.330. The molecule has 2 rings (SSSR count). The van der Waals surface area contributed by atoms with Gasteiger partial charge in [0.2, 0.25) is 0 Å². The van der Waals surface area contributed by atoms with Crippen LogP contribution in [-0.2, 0) is 4.79 Å². The van der Waals surface area contributed by atoms with Crippen LogP contribution in [-0.4, -0.2) is 5.78 Å². The normalized spacial score (nSPS) is 23.0. The molecule has 0 aliphatic heterocycles. The molecule has 0 aromatic heterocycles. The van der Waals surface area contributed by atoms with Crippen LogP contribution in [0.3, 0.4) is 0 Å². The minimum atomic E-state index is 0.541. The van der Waals surface area contributed by atoms with Gasteiger partial charge >= 0.3 is 0 Å². The van der Waals surface area contributed by atoms with Crippen LogP contribution in [0.15, 0.2) is 0 Å². The van der Waals surface area contributed by atoms with E-state index in [1.54, 1.807) is 0 Å². The molecule has 16 heavy (non-hydrogen) atoms. The molecular weight excluding hydrogens is 196 g/mol. The number of hydrogen-bond donors (Lipinski definition) is 0. The van der Waals surface area contributed by atoms with Gasteiger partial charge in [0.1, 0.15) is 5.78 Å². The van der Waals surface area contributed by atoms with Crippen LogP contribution in [0.4, 0.5) is 0 Å². The minimum absolute atomic E-state index is 0.541. The monoisotopic (exact) mass is 222 g/mol. The second-order valence-electron chi connectivity index (χ2n) is 5.92. The van der Waals surface area contributed by atoms with E-state index in [-0.39, 0.29) is 0 Å². The van der Waals surface area contributed by atoms with Crippen LogP contribution in [0, 0.1) is 11.8 Å². The topological polar surface area (TPSA) is 17.1 Å². The van der Waals surface area contributed by atoms with Crippen LogP contribution in [0.25, 0.3) is 0 Å². The molecule has 0 radical (unpaired) electrons. The van der Waals surface area contributed by atoms with Crippen molar-refractivity contribution in [1.29, 1.82) is 0 Å². The van der Waals surface area contributed by atoms with Crippen molar-refractivity contribution < 1.29 is 4.79 Å². The Kier molecular flexibility index (Phi) is 4.87. The molecule has 0 atom stereocenters. The van der Waals surface area contributed by atoms with Gasteiger partial charge in [-0.3, -0.25) is 4.79 Å². The highest BCUT2D eigenvalue weighted by Gasteiger charge is 2.18. The van der Waals surface area contributed by atoms with Gasteiger partial charge in [-0.05, 0) is 24.7 Å². The quantitative estimate of drug-likeness (QED) is 0.647. The van der Waals surface area contributed by atoms with E-state index >= 15 is 0 Å². The molecule has 0 aromatic carbocycles. The van der Waals surface area contributed by atoms with E-state index in [0.717, 1.165) is 24.7 Å². The third-order valence-electron chi connectivity index (χ3n) is 4.61. The van der Waals surface area contributed by atoms with E-state index in [1.165, 1.54) is 64.2 Å². The van der Waals surface area contributed by atoms with E-state index in [4.69, 9.17) is 0 Å². The molecule has 0 bridgehead atoms. The molecule has 0 aromatic rings. The summed E-state index contributed by atoms with van der Waals surface area (Å²) in [7, 11) is 0. The Morgan fingerprint density at radius 2 is 1.12 bits per heavy atom. The summed E-state index contributed by atoms with van der Waals surface area (Å²) in [5.41, 5.74) is 0. The molecule has 2 aliphatic rings. The van der Waals surface area contributed by atoms with Crippen molar-refractivity contribution >= 4 is 5.78 Å². The summed E-state index contributed by atoms with van der Waals surface area (Å²) in [6.07, 6.45) is 15.3. The number of hydrogen-bond acceptors (Lipinski definition) is 1. The number of carbonyl (C=O) groups is 1. The van der Waals surface area contributed by atoms with Gasteiger partial charge in [-0.2, -0.15) is 0 Å². The molecule has 0 saturated heterocycles. The number of Topliss-reactive ketones (excluding diaryl/α,β-unsaturated/α-hetero) is 1. The molecule has 2 aliphatic carbocycles. The lowest BCUT2D eigenvalue weighted by molar-refractivity contribution is -0.119. The summed E-state index contributed by atoms with van der Waals surface area (Å²) < 4.78 is 0. The molecule has 2 fully saturated rings. The van der Waals surface area contributed by atoms with E-state index in [2.05, 4.69) is 0 Å². The maximum Gasteiger partial charge on any atom is 0.132 e. The highest BCUT2D eigenvalue weighted by atomic mass is 16.1. The predicted octanol–water partition coefficient (Wildman–Crippen LogP) is 4.50. The highest BCUT2D eigenvalue weighted by molar-refractivity contribution is 5.78. The van der Waals surface area contributed by atoms with E-state index in [1.807, 2.05) is 0 Å². The Bertz CT molecular complexity index is 187. The second-order valence-corrected chi connectivity index (χ2v) is 5.92. The lowest BCUT2D eigenvalue weighted by atomic mass is 9.95. The molecule has 0 heterocycles. The van der Waals surface area contributed by atoms with Gasteiger partial charge < -0.3 is 0 Å². The van der Waals surface area contributed by atoms with Crippen molar-refractivity contribution in [2.45, 2.75) is 77.0 Å². The predicted molar refractivity (Wildman–Crippen MR) is 67.4 cm³/mol. The van der Waals surface area contributed by atoms with Gasteiger partial charge in [-0.25, -0.2) is 0 Å². The Morgan fingerprint density at radius 1 is 0.750 bits per heavy atom. The van der Waals surface area contributed by atoms with E-state index in [9.17, 15) is 4.79 Å². The van der Waals surface area contributed by atoms with Crippen molar-refractivity contribution in [1.82, 2.24) is 0 Å². The molecule has 2 saturated carbocycles. The van der Waals surface area contributed by atoms with Crippen LogP contribution < -0.4 is 0 Å². The Labute approximate surface area is 100.0 Å². The highest BCUT2D eigenvalue weighted by Crippen LogP contribution is 2.30. The zero-order valence-electron chi connectivity index (χ0n) is 10.5. The summed E-state index contributed by atoms with van der Waals surface area (Å²) in [5, 5.41) is 0. The van der Waals surface area contributed by atoms with Gasteiger partial charge in [0.25, 0.3) is 0 Å². The first kappa shape index (κ1) is 12.1. The van der Waals surface area contributed by atoms with Crippen LogP contribution >= 0.6 is 0 Å². The number of ketones is 1. The van der Waals surface area contributed by atoms with Gasteiger partial charge in [0.15, 0.2) is 0 Å². The zero-order chi connectivity index (χ0) is 11.2. The summed E-state index contributed by atoms with van der Waals surface area (Å²) in [6, 6.07) is 0.